The third kappa shape index (κ3) is 5.56. The molecule has 2 fully saturated rings. The minimum absolute atomic E-state index is 0.0131. The summed E-state index contributed by atoms with van der Waals surface area (Å²) in [6.07, 6.45) is 0.967. The molecule has 2 aromatic rings. The summed E-state index contributed by atoms with van der Waals surface area (Å²) in [5, 5.41) is 0. The molecule has 0 radical (unpaired) electrons. The molecule has 10 heteroatoms. The maximum absolute atomic E-state index is 14.2. The Morgan fingerprint density at radius 3 is 2.32 bits per heavy atom. The van der Waals surface area contributed by atoms with E-state index >= 15 is 0 Å². The van der Waals surface area contributed by atoms with Gasteiger partial charge in [-0.2, -0.15) is 4.31 Å². The van der Waals surface area contributed by atoms with Crippen LogP contribution < -0.4 is 4.74 Å². The fraction of sp³-hybridized carbons (Fsp3) is 0.458. The number of para-hydroxylation sites is 1. The molecule has 34 heavy (non-hydrogen) atoms. The number of halogens is 2. The van der Waals surface area contributed by atoms with Crippen LogP contribution in [-0.2, 0) is 19.6 Å². The van der Waals surface area contributed by atoms with Crippen molar-refractivity contribution in [1.82, 2.24) is 9.21 Å². The van der Waals surface area contributed by atoms with Crippen molar-refractivity contribution in [3.05, 3.63) is 60.2 Å². The lowest BCUT2D eigenvalue weighted by atomic mass is 9.76. The Bertz CT molecular complexity index is 1100. The SMILES string of the molecule is O=C(CC1(COc2ccccc2)CCN(S(=O)(=O)c2ccc(F)cc2F)CC1)N1CCOCC1. The number of hydrogen-bond acceptors (Lipinski definition) is 5. The third-order valence-electron chi connectivity index (χ3n) is 6.47. The van der Waals surface area contributed by atoms with Gasteiger partial charge in [0, 0.05) is 44.1 Å². The molecule has 0 saturated carbocycles. The Morgan fingerprint density at radius 2 is 1.68 bits per heavy atom. The molecule has 0 aromatic heterocycles. The summed E-state index contributed by atoms with van der Waals surface area (Å²) < 4.78 is 66.1. The largest absolute Gasteiger partial charge is 0.493 e. The van der Waals surface area contributed by atoms with E-state index in [1.54, 1.807) is 4.90 Å². The molecule has 7 nitrogen and oxygen atoms in total. The monoisotopic (exact) mass is 494 g/mol. The van der Waals surface area contributed by atoms with Crippen molar-refractivity contribution in [3.8, 4) is 5.75 Å². The van der Waals surface area contributed by atoms with Gasteiger partial charge >= 0.3 is 0 Å². The van der Waals surface area contributed by atoms with Crippen molar-refractivity contribution in [1.29, 1.82) is 0 Å². The van der Waals surface area contributed by atoms with E-state index in [-0.39, 0.29) is 32.0 Å². The molecule has 4 rings (SSSR count). The lowest BCUT2D eigenvalue weighted by Gasteiger charge is -2.41. The van der Waals surface area contributed by atoms with E-state index in [4.69, 9.17) is 9.47 Å². The van der Waals surface area contributed by atoms with E-state index in [1.165, 1.54) is 4.31 Å². The smallest absolute Gasteiger partial charge is 0.245 e. The van der Waals surface area contributed by atoms with Gasteiger partial charge in [0.15, 0.2) is 0 Å². The molecule has 0 N–H and O–H groups in total. The van der Waals surface area contributed by atoms with Gasteiger partial charge in [-0.05, 0) is 37.1 Å². The summed E-state index contributed by atoms with van der Waals surface area (Å²) in [5.74, 6) is -1.30. The lowest BCUT2D eigenvalue weighted by molar-refractivity contribution is -0.139. The highest BCUT2D eigenvalue weighted by atomic mass is 32.2. The van der Waals surface area contributed by atoms with Crippen LogP contribution in [0.15, 0.2) is 53.4 Å². The first-order valence-electron chi connectivity index (χ1n) is 11.3. The number of rotatable bonds is 7. The molecule has 0 atom stereocenters. The Balaban J connectivity index is 1.50. The van der Waals surface area contributed by atoms with Crippen molar-refractivity contribution in [3.63, 3.8) is 0 Å². The summed E-state index contributed by atoms with van der Waals surface area (Å²) in [4.78, 5) is 14.3. The van der Waals surface area contributed by atoms with Crippen LogP contribution >= 0.6 is 0 Å². The number of carbonyl (C=O) groups excluding carboxylic acids is 1. The average Bonchev–Trinajstić information content (AvgIpc) is 2.84. The zero-order valence-corrected chi connectivity index (χ0v) is 19.6. The van der Waals surface area contributed by atoms with Gasteiger partial charge < -0.3 is 14.4 Å². The number of ether oxygens (including phenoxy) is 2. The predicted molar refractivity (Wildman–Crippen MR) is 121 cm³/mol. The second kappa shape index (κ2) is 10.4. The van der Waals surface area contributed by atoms with E-state index < -0.39 is 32.0 Å². The molecule has 0 unspecified atom stereocenters. The second-order valence-corrected chi connectivity index (χ2v) is 10.7. The molecular formula is C24H28F2N2O5S. The number of hydrogen-bond donors (Lipinski definition) is 0. The number of nitrogens with zero attached hydrogens (tertiary/aromatic N) is 2. The van der Waals surface area contributed by atoms with Crippen molar-refractivity contribution in [2.75, 3.05) is 46.0 Å². The van der Waals surface area contributed by atoms with E-state index in [0.717, 1.165) is 12.1 Å². The summed E-state index contributed by atoms with van der Waals surface area (Å²) in [5.41, 5.74) is -0.571. The van der Waals surface area contributed by atoms with Gasteiger partial charge in [0.25, 0.3) is 0 Å². The number of benzene rings is 2. The first-order valence-corrected chi connectivity index (χ1v) is 12.7. The maximum atomic E-state index is 14.2. The fourth-order valence-electron chi connectivity index (χ4n) is 4.40. The highest BCUT2D eigenvalue weighted by Gasteiger charge is 2.42. The van der Waals surface area contributed by atoms with E-state index in [1.807, 2.05) is 30.3 Å². The first kappa shape index (κ1) is 24.6. The van der Waals surface area contributed by atoms with Crippen LogP contribution in [0.5, 0.6) is 5.75 Å². The fourth-order valence-corrected chi connectivity index (χ4v) is 5.88. The van der Waals surface area contributed by atoms with Crippen LogP contribution in [0.25, 0.3) is 0 Å². The Hall–Kier alpha value is -2.56. The van der Waals surface area contributed by atoms with Gasteiger partial charge in [-0.1, -0.05) is 18.2 Å². The zero-order valence-electron chi connectivity index (χ0n) is 18.8. The molecule has 1 amide bonds. The molecular weight excluding hydrogens is 466 g/mol. The van der Waals surface area contributed by atoms with Gasteiger partial charge in [0.05, 0.1) is 19.8 Å². The van der Waals surface area contributed by atoms with Gasteiger partial charge in [-0.15, -0.1) is 0 Å². The number of piperidine rings is 1. The molecule has 2 aliphatic heterocycles. The van der Waals surface area contributed by atoms with E-state index in [9.17, 15) is 22.0 Å². The highest BCUT2D eigenvalue weighted by Crippen LogP contribution is 2.38. The van der Waals surface area contributed by atoms with Crippen LogP contribution in [-0.4, -0.2) is 69.5 Å². The van der Waals surface area contributed by atoms with E-state index in [0.29, 0.717) is 51.0 Å². The van der Waals surface area contributed by atoms with Crippen LogP contribution in [0, 0.1) is 17.0 Å². The van der Waals surface area contributed by atoms with Crippen LogP contribution in [0.3, 0.4) is 0 Å². The topological polar surface area (TPSA) is 76.2 Å². The quantitative estimate of drug-likeness (QED) is 0.592. The highest BCUT2D eigenvalue weighted by molar-refractivity contribution is 7.89. The maximum Gasteiger partial charge on any atom is 0.245 e. The van der Waals surface area contributed by atoms with Gasteiger partial charge in [0.1, 0.15) is 22.3 Å². The molecule has 0 bridgehead atoms. The number of carbonyl (C=O) groups is 1. The second-order valence-electron chi connectivity index (χ2n) is 8.75. The first-order chi connectivity index (χ1) is 16.3. The summed E-state index contributed by atoms with van der Waals surface area (Å²) in [6.45, 7) is 2.51. The van der Waals surface area contributed by atoms with Crippen molar-refractivity contribution in [2.45, 2.75) is 24.2 Å². The number of morpholine rings is 1. The van der Waals surface area contributed by atoms with Crippen molar-refractivity contribution < 1.29 is 31.5 Å². The third-order valence-corrected chi connectivity index (χ3v) is 8.40. The molecule has 2 aliphatic rings. The molecule has 184 valence electrons. The average molecular weight is 495 g/mol. The normalized spacial score (nSPS) is 19.1. The van der Waals surface area contributed by atoms with Gasteiger partial charge in [-0.3, -0.25) is 4.79 Å². The molecule has 0 aliphatic carbocycles. The van der Waals surface area contributed by atoms with Crippen LogP contribution in [0.2, 0.25) is 0 Å². The number of sulfonamides is 1. The minimum Gasteiger partial charge on any atom is -0.493 e. The Morgan fingerprint density at radius 1 is 1.00 bits per heavy atom. The molecule has 2 aromatic carbocycles. The standard InChI is InChI=1S/C24H28F2N2O5S/c25-19-6-7-22(21(26)16-19)34(30,31)28-10-8-24(9-11-28,18-33-20-4-2-1-3-5-20)17-23(29)27-12-14-32-15-13-27/h1-7,16H,8-15,17-18H2. The Kier molecular flexibility index (Phi) is 7.49. The minimum atomic E-state index is -4.14. The Labute approximate surface area is 198 Å². The molecule has 2 saturated heterocycles. The van der Waals surface area contributed by atoms with Crippen LogP contribution in [0.1, 0.15) is 19.3 Å². The van der Waals surface area contributed by atoms with Gasteiger partial charge in [0.2, 0.25) is 15.9 Å². The van der Waals surface area contributed by atoms with Crippen LogP contribution in [0.4, 0.5) is 8.78 Å². The number of amides is 1. The van der Waals surface area contributed by atoms with Gasteiger partial charge in [-0.25, -0.2) is 17.2 Å². The molecule has 2 heterocycles. The zero-order chi connectivity index (χ0) is 24.2. The van der Waals surface area contributed by atoms with Crippen molar-refractivity contribution in [2.24, 2.45) is 5.41 Å². The van der Waals surface area contributed by atoms with E-state index in [2.05, 4.69) is 0 Å². The van der Waals surface area contributed by atoms with Crippen molar-refractivity contribution >= 4 is 15.9 Å². The summed E-state index contributed by atoms with van der Waals surface area (Å²) >= 11 is 0. The molecule has 0 spiro atoms. The predicted octanol–water partition coefficient (Wildman–Crippen LogP) is 3.06. The summed E-state index contributed by atoms with van der Waals surface area (Å²) in [6, 6.07) is 11.7. The lowest BCUT2D eigenvalue weighted by Crippen LogP contribution is -2.49. The summed E-state index contributed by atoms with van der Waals surface area (Å²) in [7, 11) is -4.14.